The van der Waals surface area contributed by atoms with Crippen LogP contribution in [0.2, 0.25) is 0 Å². The Hall–Kier alpha value is -1.47. The smallest absolute Gasteiger partial charge is 0.140 e. The van der Waals surface area contributed by atoms with Crippen molar-refractivity contribution in [3.8, 4) is 0 Å². The number of Topliss-reactive ketones (excluding diaryl/α,β-unsaturated/α-hetero) is 1. The number of allylic oxidation sites excluding steroid dienone is 3. The maximum absolute atomic E-state index is 13.1. The first kappa shape index (κ1) is 25.8. The number of carbonyl (C=O) groups is 1. The molecule has 1 unspecified atom stereocenters. The summed E-state index contributed by atoms with van der Waals surface area (Å²) in [5.41, 5.74) is 4.48. The third-order valence-corrected chi connectivity index (χ3v) is 3.89. The Morgan fingerprint density at radius 1 is 1.28 bits per heavy atom. The van der Waals surface area contributed by atoms with E-state index in [2.05, 4.69) is 24.6 Å². The molecule has 0 aromatic rings. The predicted molar refractivity (Wildman–Crippen MR) is 109 cm³/mol. The monoisotopic (exact) mass is 351 g/mol. The summed E-state index contributed by atoms with van der Waals surface area (Å²) in [6.07, 6.45) is 9.55. The van der Waals surface area contributed by atoms with Gasteiger partial charge in [-0.3, -0.25) is 9.79 Å². The van der Waals surface area contributed by atoms with E-state index in [0.29, 0.717) is 18.6 Å². The molecule has 1 atom stereocenters. The molecule has 25 heavy (non-hydrogen) atoms. The molecule has 0 aliphatic carbocycles. The van der Waals surface area contributed by atoms with Crippen molar-refractivity contribution in [3.63, 3.8) is 0 Å². The summed E-state index contributed by atoms with van der Waals surface area (Å²) in [6.45, 7) is 14.1. The highest BCUT2D eigenvalue weighted by Gasteiger charge is 2.03. The van der Waals surface area contributed by atoms with E-state index in [-0.39, 0.29) is 5.83 Å². The van der Waals surface area contributed by atoms with E-state index in [9.17, 15) is 9.18 Å². The summed E-state index contributed by atoms with van der Waals surface area (Å²) < 4.78 is 13.1. The van der Waals surface area contributed by atoms with Gasteiger partial charge in [-0.05, 0) is 43.8 Å². The van der Waals surface area contributed by atoms with Gasteiger partial charge in [-0.15, -0.1) is 5.73 Å². The number of ketones is 1. The van der Waals surface area contributed by atoms with Gasteiger partial charge in [0.25, 0.3) is 0 Å². The fraction of sp³-hybridized carbons (Fsp3) is 0.682. The number of aliphatic imine (C=N–C) groups is 1. The molecular formula is C22H38FNO. The van der Waals surface area contributed by atoms with Crippen LogP contribution in [0, 0.1) is 5.92 Å². The van der Waals surface area contributed by atoms with Gasteiger partial charge < -0.3 is 0 Å². The van der Waals surface area contributed by atoms with Crippen molar-refractivity contribution >= 4 is 12.0 Å². The van der Waals surface area contributed by atoms with Crippen LogP contribution in [-0.4, -0.2) is 12.0 Å². The first-order chi connectivity index (χ1) is 11.9. The summed E-state index contributed by atoms with van der Waals surface area (Å²) >= 11 is 0. The third-order valence-electron chi connectivity index (χ3n) is 3.89. The highest BCUT2D eigenvalue weighted by molar-refractivity contribution is 5.78. The second-order valence-corrected chi connectivity index (χ2v) is 6.03. The lowest BCUT2D eigenvalue weighted by Gasteiger charge is -2.07. The average molecular weight is 352 g/mol. The lowest BCUT2D eigenvalue weighted by Crippen LogP contribution is -2.00. The Balaban J connectivity index is 0. The van der Waals surface area contributed by atoms with Gasteiger partial charge in [0.1, 0.15) is 11.6 Å². The number of halogens is 1. The summed E-state index contributed by atoms with van der Waals surface area (Å²) in [5.74, 6) is 0.943. The molecular weight excluding hydrogens is 313 g/mol. The summed E-state index contributed by atoms with van der Waals surface area (Å²) in [7, 11) is 0. The Kier molecular flexibility index (Phi) is 17.9. The Morgan fingerprint density at radius 2 is 1.92 bits per heavy atom. The second-order valence-electron chi connectivity index (χ2n) is 6.03. The van der Waals surface area contributed by atoms with Crippen molar-refractivity contribution < 1.29 is 9.18 Å². The zero-order chi connectivity index (χ0) is 19.7. The maximum atomic E-state index is 13.1. The third kappa shape index (κ3) is 14.6. The molecule has 0 spiro atoms. The zero-order valence-corrected chi connectivity index (χ0v) is 17.4. The van der Waals surface area contributed by atoms with Crippen molar-refractivity contribution in [2.45, 2.75) is 93.4 Å². The van der Waals surface area contributed by atoms with Crippen LogP contribution in [0.1, 0.15) is 93.4 Å². The standard InChI is InChI=1S/C10H12FN.C10H20O.C2H6/c1-3-9-6-4-5-8(2)12-7-10(9)11;1-4-6-9(3)7-8-10(11)5-2;1-2/h4,7H,3,6H2,1-2H3;9H,4-8H2,1-3H3;1-2H3/b10-9+,12-7?;;. The summed E-state index contributed by atoms with van der Waals surface area (Å²) in [4.78, 5) is 14.8. The minimum atomic E-state index is -0.199. The molecule has 0 saturated heterocycles. The van der Waals surface area contributed by atoms with Crippen molar-refractivity contribution in [2.75, 3.05) is 0 Å². The molecule has 1 aliphatic heterocycles. The van der Waals surface area contributed by atoms with Crippen molar-refractivity contribution in [1.29, 1.82) is 0 Å². The van der Waals surface area contributed by atoms with Gasteiger partial charge in [-0.25, -0.2) is 4.39 Å². The number of carbonyl (C=O) groups excluding carboxylic acids is 1. The largest absolute Gasteiger partial charge is 0.300 e. The van der Waals surface area contributed by atoms with Crippen molar-refractivity contribution in [1.82, 2.24) is 0 Å². The number of hydrogen-bond acceptors (Lipinski definition) is 2. The molecule has 0 N–H and O–H groups in total. The minimum absolute atomic E-state index is 0.199. The second kappa shape index (κ2) is 17.4. The van der Waals surface area contributed by atoms with Gasteiger partial charge in [0, 0.05) is 12.8 Å². The van der Waals surface area contributed by atoms with Gasteiger partial charge in [0.05, 0.1) is 11.9 Å². The lowest BCUT2D eigenvalue weighted by atomic mass is 9.98. The van der Waals surface area contributed by atoms with Gasteiger partial charge in [-0.1, -0.05) is 54.4 Å². The normalized spacial score (nSPS) is 17.2. The molecule has 2 nitrogen and oxygen atoms in total. The molecule has 0 aromatic carbocycles. The van der Waals surface area contributed by atoms with Crippen LogP contribution in [0.15, 0.2) is 33.9 Å². The Bertz CT molecular complexity index is 482. The van der Waals surface area contributed by atoms with Crippen LogP contribution in [0.5, 0.6) is 0 Å². The van der Waals surface area contributed by atoms with Crippen LogP contribution < -0.4 is 0 Å². The Labute approximate surface area is 155 Å². The van der Waals surface area contributed by atoms with Crippen LogP contribution in [0.25, 0.3) is 0 Å². The van der Waals surface area contributed by atoms with Crippen molar-refractivity contribution in [3.05, 3.63) is 28.9 Å². The highest BCUT2D eigenvalue weighted by Crippen LogP contribution is 2.15. The highest BCUT2D eigenvalue weighted by atomic mass is 19.1. The first-order valence-electron chi connectivity index (χ1n) is 9.79. The Morgan fingerprint density at radius 3 is 2.44 bits per heavy atom. The fourth-order valence-electron chi connectivity index (χ4n) is 2.24. The van der Waals surface area contributed by atoms with Crippen LogP contribution in [-0.2, 0) is 4.79 Å². The molecule has 0 aromatic heterocycles. The first-order valence-corrected chi connectivity index (χ1v) is 9.79. The molecule has 0 saturated carbocycles. The molecule has 3 heteroatoms. The summed E-state index contributed by atoms with van der Waals surface area (Å²) in [6, 6.07) is 0. The van der Waals surface area contributed by atoms with Crippen LogP contribution >= 0.6 is 0 Å². The number of nitrogens with zero attached hydrogens (tertiary/aromatic N) is 1. The average Bonchev–Trinajstić information content (AvgIpc) is 2.62. The van der Waals surface area contributed by atoms with Crippen LogP contribution in [0.4, 0.5) is 4.39 Å². The van der Waals surface area contributed by atoms with Gasteiger partial charge in [-0.2, -0.15) is 0 Å². The molecule has 1 rings (SSSR count). The molecule has 1 aliphatic rings. The minimum Gasteiger partial charge on any atom is -0.300 e. The van der Waals surface area contributed by atoms with E-state index in [4.69, 9.17) is 0 Å². The SMILES string of the molecule is CC.CC/C1=C(\F)C=NC(C)=C=CC1.CCCC(C)CCC(=O)CC. The van der Waals surface area contributed by atoms with E-state index in [1.54, 1.807) is 6.92 Å². The van der Waals surface area contributed by atoms with E-state index in [0.717, 1.165) is 36.5 Å². The van der Waals surface area contributed by atoms with Gasteiger partial charge in [0.2, 0.25) is 0 Å². The summed E-state index contributed by atoms with van der Waals surface area (Å²) in [5, 5.41) is 0. The molecule has 0 radical (unpaired) electrons. The van der Waals surface area contributed by atoms with Crippen molar-refractivity contribution in [2.24, 2.45) is 10.9 Å². The molecule has 144 valence electrons. The quantitative estimate of drug-likeness (QED) is 0.440. The lowest BCUT2D eigenvalue weighted by molar-refractivity contribution is -0.119. The zero-order valence-electron chi connectivity index (χ0n) is 17.4. The molecule has 1 heterocycles. The molecule has 0 bridgehead atoms. The number of hydrogen-bond donors (Lipinski definition) is 0. The van der Waals surface area contributed by atoms with E-state index in [1.165, 1.54) is 19.1 Å². The number of rotatable bonds is 7. The van der Waals surface area contributed by atoms with E-state index < -0.39 is 0 Å². The topological polar surface area (TPSA) is 29.4 Å². The van der Waals surface area contributed by atoms with Gasteiger partial charge >= 0.3 is 0 Å². The molecule has 0 fully saturated rings. The van der Waals surface area contributed by atoms with Gasteiger partial charge in [0.15, 0.2) is 0 Å². The maximum Gasteiger partial charge on any atom is 0.140 e. The fourth-order valence-corrected chi connectivity index (χ4v) is 2.24. The molecule has 0 amide bonds. The van der Waals surface area contributed by atoms with E-state index in [1.807, 2.05) is 33.8 Å². The predicted octanol–water partition coefficient (Wildman–Crippen LogP) is 7.36. The van der Waals surface area contributed by atoms with Crippen LogP contribution in [0.3, 0.4) is 0 Å². The van der Waals surface area contributed by atoms with E-state index >= 15 is 0 Å².